The molecule has 1 amide bonds. The highest BCUT2D eigenvalue weighted by Crippen LogP contribution is 2.44. The van der Waals surface area contributed by atoms with Crippen molar-refractivity contribution in [1.82, 2.24) is 5.32 Å². The van der Waals surface area contributed by atoms with Crippen LogP contribution in [0.3, 0.4) is 0 Å². The van der Waals surface area contributed by atoms with Crippen molar-refractivity contribution in [3.63, 3.8) is 0 Å². The normalized spacial score (nSPS) is 19.2. The van der Waals surface area contributed by atoms with Crippen LogP contribution in [0.25, 0.3) is 5.57 Å². The summed E-state index contributed by atoms with van der Waals surface area (Å²) in [5, 5.41) is 2.85. The Hall–Kier alpha value is -2.22. The number of rotatable bonds is 5. The molecule has 0 atom stereocenters. The summed E-state index contributed by atoms with van der Waals surface area (Å²) in [5.41, 5.74) is 1.51. The van der Waals surface area contributed by atoms with E-state index in [1.807, 2.05) is 0 Å². The molecule has 1 fully saturated rings. The van der Waals surface area contributed by atoms with Gasteiger partial charge < -0.3 is 14.8 Å². The van der Waals surface area contributed by atoms with Gasteiger partial charge in [0.05, 0.1) is 19.9 Å². The number of benzene rings is 1. The highest BCUT2D eigenvalue weighted by Gasteiger charge is 2.38. The van der Waals surface area contributed by atoms with Crippen LogP contribution in [0, 0.1) is 5.92 Å². The number of sulfonamides is 1. The van der Waals surface area contributed by atoms with Crippen molar-refractivity contribution in [3.8, 4) is 11.5 Å². The van der Waals surface area contributed by atoms with Crippen molar-refractivity contribution in [3.05, 3.63) is 22.6 Å². The Labute approximate surface area is 166 Å². The summed E-state index contributed by atoms with van der Waals surface area (Å²) in [4.78, 5) is 12.7. The fraction of sp³-hybridized carbons (Fsp3) is 0.550. The van der Waals surface area contributed by atoms with E-state index in [2.05, 4.69) is 5.32 Å². The van der Waals surface area contributed by atoms with Gasteiger partial charge >= 0.3 is 0 Å². The third kappa shape index (κ3) is 3.57. The second kappa shape index (κ2) is 8.03. The molecule has 3 rings (SSSR count). The first-order valence-electron chi connectivity index (χ1n) is 9.55. The van der Waals surface area contributed by atoms with Crippen molar-refractivity contribution < 1.29 is 22.7 Å². The number of ether oxygens (including phenoxy) is 2. The zero-order chi connectivity index (χ0) is 20.5. The van der Waals surface area contributed by atoms with Crippen LogP contribution in [0.5, 0.6) is 11.5 Å². The largest absolute Gasteiger partial charge is 0.493 e. The predicted octanol–water partition coefficient (Wildman–Crippen LogP) is 2.91. The number of nitrogens with one attached hydrogen (secondary N) is 1. The maximum absolute atomic E-state index is 13.1. The molecule has 0 saturated heterocycles. The van der Waals surface area contributed by atoms with Crippen LogP contribution in [0.15, 0.2) is 17.0 Å². The van der Waals surface area contributed by atoms with E-state index in [1.165, 1.54) is 27.7 Å². The topological polar surface area (TPSA) is 84.9 Å². The zero-order valence-corrected chi connectivity index (χ0v) is 17.7. The number of carbonyl (C=O) groups is 1. The number of allylic oxidation sites excluding steroid dienone is 1. The molecule has 0 bridgehead atoms. The zero-order valence-electron chi connectivity index (χ0n) is 16.9. The van der Waals surface area contributed by atoms with Gasteiger partial charge in [-0.25, -0.2) is 8.42 Å². The molecule has 1 heterocycles. The minimum atomic E-state index is -3.96. The molecule has 28 heavy (non-hydrogen) atoms. The average Bonchev–Trinajstić information content (AvgIpc) is 2.70. The molecule has 8 heteroatoms. The van der Waals surface area contributed by atoms with E-state index in [0.29, 0.717) is 40.8 Å². The molecule has 1 N–H and O–H groups in total. The van der Waals surface area contributed by atoms with Gasteiger partial charge in [0.2, 0.25) is 0 Å². The molecule has 154 valence electrons. The van der Waals surface area contributed by atoms with Gasteiger partial charge in [-0.15, -0.1) is 0 Å². The van der Waals surface area contributed by atoms with E-state index >= 15 is 0 Å². The molecular formula is C20H28N2O5S. The maximum Gasteiger partial charge on any atom is 0.269 e. The number of carbonyl (C=O) groups excluding carboxylic acids is 1. The van der Waals surface area contributed by atoms with Crippen molar-refractivity contribution in [2.75, 3.05) is 32.1 Å². The summed E-state index contributed by atoms with van der Waals surface area (Å²) in [7, 11) is 0.501. The van der Waals surface area contributed by atoms with Crippen LogP contribution < -0.4 is 19.1 Å². The minimum absolute atomic E-state index is 0.203. The van der Waals surface area contributed by atoms with Gasteiger partial charge in [-0.1, -0.05) is 19.3 Å². The maximum atomic E-state index is 13.1. The second-order valence-corrected chi connectivity index (χ2v) is 9.27. The molecule has 0 aromatic heterocycles. The molecule has 1 aliphatic heterocycles. The molecule has 7 nitrogen and oxygen atoms in total. The summed E-state index contributed by atoms with van der Waals surface area (Å²) >= 11 is 0. The number of anilines is 1. The van der Waals surface area contributed by atoms with Gasteiger partial charge in [0.15, 0.2) is 16.4 Å². The molecule has 0 spiro atoms. The van der Waals surface area contributed by atoms with Gasteiger partial charge in [0.1, 0.15) is 0 Å². The van der Waals surface area contributed by atoms with E-state index in [0.717, 1.165) is 30.0 Å². The third-order valence-corrected chi connectivity index (χ3v) is 7.61. The summed E-state index contributed by atoms with van der Waals surface area (Å²) in [6, 6.07) is 3.33. The Balaban J connectivity index is 1.98. The van der Waals surface area contributed by atoms with Crippen LogP contribution in [-0.2, 0) is 14.8 Å². The van der Waals surface area contributed by atoms with E-state index in [9.17, 15) is 13.2 Å². The monoisotopic (exact) mass is 408 g/mol. The first kappa shape index (κ1) is 20.5. The van der Waals surface area contributed by atoms with Crippen LogP contribution in [0.1, 0.15) is 44.6 Å². The van der Waals surface area contributed by atoms with E-state index in [4.69, 9.17) is 9.47 Å². The Morgan fingerprint density at radius 1 is 1.14 bits per heavy atom. The molecule has 0 unspecified atom stereocenters. The van der Waals surface area contributed by atoms with Crippen LogP contribution in [0.4, 0.5) is 5.69 Å². The summed E-state index contributed by atoms with van der Waals surface area (Å²) in [6.45, 7) is 2.17. The quantitative estimate of drug-likeness (QED) is 0.810. The Morgan fingerprint density at radius 2 is 1.75 bits per heavy atom. The number of amides is 1. The molecule has 1 saturated carbocycles. The fourth-order valence-electron chi connectivity index (χ4n) is 4.01. The van der Waals surface area contributed by atoms with Crippen LogP contribution >= 0.6 is 0 Å². The minimum Gasteiger partial charge on any atom is -0.493 e. The van der Waals surface area contributed by atoms with Gasteiger partial charge in [0, 0.05) is 25.2 Å². The number of hydrogen-bond donors (Lipinski definition) is 1. The van der Waals surface area contributed by atoms with Crippen LogP contribution in [0.2, 0.25) is 0 Å². The lowest BCUT2D eigenvalue weighted by Crippen LogP contribution is -2.40. The first-order chi connectivity index (χ1) is 13.3. The fourth-order valence-corrected chi connectivity index (χ4v) is 5.49. The van der Waals surface area contributed by atoms with Gasteiger partial charge in [-0.05, 0) is 37.3 Å². The molecule has 1 aromatic rings. The lowest BCUT2D eigenvalue weighted by molar-refractivity contribution is -0.117. The Morgan fingerprint density at radius 3 is 2.36 bits per heavy atom. The number of hydrogen-bond acceptors (Lipinski definition) is 5. The Kier molecular flexibility index (Phi) is 5.88. The Bertz CT molecular complexity index is 901. The van der Waals surface area contributed by atoms with E-state index in [-0.39, 0.29) is 4.91 Å². The highest BCUT2D eigenvalue weighted by atomic mass is 32.2. The van der Waals surface area contributed by atoms with Crippen molar-refractivity contribution >= 4 is 27.2 Å². The number of fused-ring (bicyclic) bond motifs is 1. The summed E-state index contributed by atoms with van der Waals surface area (Å²) < 4.78 is 37.9. The first-order valence-corrected chi connectivity index (χ1v) is 11.0. The molecule has 0 radical (unpaired) electrons. The van der Waals surface area contributed by atoms with E-state index < -0.39 is 15.9 Å². The summed E-state index contributed by atoms with van der Waals surface area (Å²) in [5.74, 6) is 0.784. The van der Waals surface area contributed by atoms with Crippen molar-refractivity contribution in [1.29, 1.82) is 0 Å². The molecule has 2 aliphatic rings. The lowest BCUT2D eigenvalue weighted by Gasteiger charge is -2.30. The van der Waals surface area contributed by atoms with Gasteiger partial charge in [-0.2, -0.15) is 0 Å². The summed E-state index contributed by atoms with van der Waals surface area (Å²) in [6.07, 6.45) is 5.71. The van der Waals surface area contributed by atoms with E-state index in [1.54, 1.807) is 19.1 Å². The van der Waals surface area contributed by atoms with Crippen molar-refractivity contribution in [2.45, 2.75) is 39.0 Å². The van der Waals surface area contributed by atoms with Crippen LogP contribution in [-0.4, -0.2) is 42.1 Å². The number of methoxy groups -OCH3 is 2. The average molecular weight is 409 g/mol. The molecule has 1 aromatic carbocycles. The second-order valence-electron chi connectivity index (χ2n) is 7.37. The van der Waals surface area contributed by atoms with Gasteiger partial charge in [-0.3, -0.25) is 9.10 Å². The standard InChI is InChI=1S/C20H28N2O5S/c1-13-15-10-17(26-3)18(27-4)11-16(15)22(2)28(24,25)19(13)20(23)21-12-14-8-6-5-7-9-14/h10-11,14H,5-9,12H2,1-4H3,(H,21,23). The number of nitrogens with zero attached hydrogens (tertiary/aromatic N) is 1. The van der Waals surface area contributed by atoms with Gasteiger partial charge in [0.25, 0.3) is 15.9 Å². The van der Waals surface area contributed by atoms with Crippen molar-refractivity contribution in [2.24, 2.45) is 5.92 Å². The predicted molar refractivity (Wildman–Crippen MR) is 109 cm³/mol. The third-order valence-electron chi connectivity index (χ3n) is 5.69. The lowest BCUT2D eigenvalue weighted by atomic mass is 9.89. The highest BCUT2D eigenvalue weighted by molar-refractivity contribution is 7.97. The SMILES string of the molecule is COc1cc2c(cc1OC)N(C)S(=O)(=O)C(C(=O)NCC1CCCCC1)=C2C. The smallest absolute Gasteiger partial charge is 0.269 e. The molecule has 1 aliphatic carbocycles. The molecular weight excluding hydrogens is 380 g/mol.